The number of ether oxygens (including phenoxy) is 1. The van der Waals surface area contributed by atoms with Gasteiger partial charge in [-0.15, -0.1) is 0 Å². The van der Waals surface area contributed by atoms with E-state index >= 15 is 13.2 Å². The number of aliphatic hydroxyl groups is 1. The van der Waals surface area contributed by atoms with Crippen LogP contribution >= 0.6 is 0 Å². The van der Waals surface area contributed by atoms with Crippen molar-refractivity contribution in [2.45, 2.75) is 63.9 Å². The summed E-state index contributed by atoms with van der Waals surface area (Å²) < 4.78 is 66.6. The number of fused-ring (bicyclic) bond motifs is 3. The fraction of sp³-hybridized carbons (Fsp3) is 0.517. The molecule has 0 spiro atoms. The second-order valence-corrected chi connectivity index (χ2v) is 11.1. The molecule has 38 heavy (non-hydrogen) atoms. The zero-order valence-electron chi connectivity index (χ0n) is 22.0. The van der Waals surface area contributed by atoms with Gasteiger partial charge in [-0.25, -0.2) is 17.6 Å². The van der Waals surface area contributed by atoms with E-state index in [9.17, 15) is 9.50 Å². The van der Waals surface area contributed by atoms with Gasteiger partial charge in [-0.1, -0.05) is 13.3 Å². The molecule has 3 atom stereocenters. The standard InChI is InChI=1S/C29H35F4N3O2/c1-4-5-8-35-13-20(14-35)38-19-11-23(31)26(24(32)12-19)28-27-22(21-10-18(30)6-7-25(21)34-27)9-17(2)36(28)15-29(3,33)16-37/h6-7,10-12,17,20,28,34,37H,4-5,8-9,13-16H2,1-3H3/t17-,28-,29?/m1/s1. The van der Waals surface area contributed by atoms with E-state index < -0.39 is 35.8 Å². The molecule has 5 rings (SSSR count). The normalized spacial score (nSPS) is 22.3. The number of alkyl halides is 1. The Morgan fingerprint density at radius 3 is 2.50 bits per heavy atom. The molecular formula is C29H35F4N3O2. The Labute approximate surface area is 220 Å². The van der Waals surface area contributed by atoms with Crippen molar-refractivity contribution in [3.63, 3.8) is 0 Å². The first kappa shape index (κ1) is 27.0. The van der Waals surface area contributed by atoms with Crippen LogP contribution in [-0.2, 0) is 6.42 Å². The molecule has 5 nitrogen and oxygen atoms in total. The van der Waals surface area contributed by atoms with Crippen LogP contribution in [0.1, 0.15) is 56.5 Å². The summed E-state index contributed by atoms with van der Waals surface area (Å²) in [7, 11) is 0. The Kier molecular flexibility index (Phi) is 7.46. The largest absolute Gasteiger partial charge is 0.488 e. The lowest BCUT2D eigenvalue weighted by Gasteiger charge is -2.43. The van der Waals surface area contributed by atoms with E-state index in [1.807, 2.05) is 6.92 Å². The molecule has 206 valence electrons. The maximum atomic E-state index is 15.8. The first-order chi connectivity index (χ1) is 18.1. The zero-order valence-corrected chi connectivity index (χ0v) is 22.0. The molecule has 2 aromatic carbocycles. The predicted octanol–water partition coefficient (Wildman–Crippen LogP) is 5.50. The van der Waals surface area contributed by atoms with E-state index in [4.69, 9.17) is 4.74 Å². The molecule has 2 aliphatic heterocycles. The zero-order chi connectivity index (χ0) is 27.2. The van der Waals surface area contributed by atoms with Crippen molar-refractivity contribution in [2.75, 3.05) is 32.8 Å². The Hall–Kier alpha value is -2.62. The molecule has 1 aromatic heterocycles. The molecule has 0 radical (unpaired) electrons. The lowest BCUT2D eigenvalue weighted by Crippen LogP contribution is -2.53. The Bertz CT molecular complexity index is 1280. The number of nitrogens with zero attached hydrogens (tertiary/aromatic N) is 2. The van der Waals surface area contributed by atoms with Crippen molar-refractivity contribution in [2.24, 2.45) is 0 Å². The van der Waals surface area contributed by atoms with Gasteiger partial charge in [0, 0.05) is 60.0 Å². The number of halogens is 4. The molecule has 0 amide bonds. The van der Waals surface area contributed by atoms with E-state index in [2.05, 4.69) is 16.8 Å². The Morgan fingerprint density at radius 2 is 1.84 bits per heavy atom. The molecule has 1 unspecified atom stereocenters. The SMILES string of the molecule is CCCCN1CC(Oc2cc(F)c([C@@H]3c4[nH]c5ccc(F)cc5c4C[C@@H](C)N3CC(C)(F)CO)c(F)c2)C1. The first-order valence-electron chi connectivity index (χ1n) is 13.3. The van der Waals surface area contributed by atoms with E-state index in [-0.39, 0.29) is 30.0 Å². The highest BCUT2D eigenvalue weighted by Crippen LogP contribution is 2.44. The number of H-pyrrole nitrogens is 1. The quantitative estimate of drug-likeness (QED) is 0.357. The second-order valence-electron chi connectivity index (χ2n) is 11.1. The molecule has 3 aromatic rings. The maximum Gasteiger partial charge on any atom is 0.143 e. The molecule has 0 aliphatic carbocycles. The third kappa shape index (κ3) is 5.16. The first-order valence-corrected chi connectivity index (χ1v) is 13.3. The summed E-state index contributed by atoms with van der Waals surface area (Å²) in [5.41, 5.74) is -0.345. The number of hydrogen-bond acceptors (Lipinski definition) is 4. The summed E-state index contributed by atoms with van der Waals surface area (Å²) in [6.07, 6.45) is 2.49. The number of benzene rings is 2. The summed E-state index contributed by atoms with van der Waals surface area (Å²) in [6.45, 7) is 6.66. The van der Waals surface area contributed by atoms with Crippen molar-refractivity contribution >= 4 is 10.9 Å². The van der Waals surface area contributed by atoms with E-state index in [1.165, 1.54) is 31.2 Å². The third-order valence-corrected chi connectivity index (χ3v) is 7.79. The molecule has 2 aliphatic rings. The number of aromatic nitrogens is 1. The molecule has 1 saturated heterocycles. The van der Waals surface area contributed by atoms with Crippen molar-refractivity contribution < 1.29 is 27.4 Å². The molecule has 0 bridgehead atoms. The fourth-order valence-electron chi connectivity index (χ4n) is 5.76. The maximum absolute atomic E-state index is 15.8. The molecule has 2 N–H and O–H groups in total. The minimum atomic E-state index is -1.99. The van der Waals surface area contributed by atoms with Crippen molar-refractivity contribution in [1.29, 1.82) is 0 Å². The summed E-state index contributed by atoms with van der Waals surface area (Å²) in [4.78, 5) is 7.14. The van der Waals surface area contributed by atoms with Gasteiger partial charge in [-0.3, -0.25) is 9.80 Å². The van der Waals surface area contributed by atoms with E-state index in [1.54, 1.807) is 11.0 Å². The van der Waals surface area contributed by atoms with Crippen molar-refractivity contribution in [3.8, 4) is 5.75 Å². The highest BCUT2D eigenvalue weighted by molar-refractivity contribution is 5.85. The number of aromatic amines is 1. The molecular weight excluding hydrogens is 498 g/mol. The minimum absolute atomic E-state index is 0.115. The Balaban J connectivity index is 1.52. The van der Waals surface area contributed by atoms with Crippen LogP contribution in [0.4, 0.5) is 17.6 Å². The van der Waals surface area contributed by atoms with Crippen LogP contribution in [0.3, 0.4) is 0 Å². The van der Waals surface area contributed by atoms with Crippen LogP contribution in [0.2, 0.25) is 0 Å². The fourth-order valence-corrected chi connectivity index (χ4v) is 5.76. The van der Waals surface area contributed by atoms with Gasteiger partial charge in [0.2, 0.25) is 0 Å². The lowest BCUT2D eigenvalue weighted by atomic mass is 9.87. The molecule has 1 fully saturated rings. The van der Waals surface area contributed by atoms with Crippen LogP contribution in [0.15, 0.2) is 30.3 Å². The highest BCUT2D eigenvalue weighted by atomic mass is 19.1. The van der Waals surface area contributed by atoms with Gasteiger partial charge < -0.3 is 14.8 Å². The number of likely N-dealkylation sites (tertiary alicyclic amines) is 1. The van der Waals surface area contributed by atoms with Crippen LogP contribution in [0, 0.1) is 17.5 Å². The van der Waals surface area contributed by atoms with Gasteiger partial charge in [0.05, 0.1) is 12.6 Å². The van der Waals surface area contributed by atoms with Crippen molar-refractivity contribution in [1.82, 2.24) is 14.8 Å². The number of aliphatic hydroxyl groups excluding tert-OH is 1. The average molecular weight is 534 g/mol. The summed E-state index contributed by atoms with van der Waals surface area (Å²) in [5.74, 6) is -1.90. The van der Waals surface area contributed by atoms with Gasteiger partial charge in [0.25, 0.3) is 0 Å². The summed E-state index contributed by atoms with van der Waals surface area (Å²) >= 11 is 0. The molecule has 0 saturated carbocycles. The molecule has 9 heteroatoms. The van der Waals surface area contributed by atoms with Crippen LogP contribution in [0.25, 0.3) is 10.9 Å². The lowest BCUT2D eigenvalue weighted by molar-refractivity contribution is 0.0153. The van der Waals surface area contributed by atoms with E-state index in [0.29, 0.717) is 36.1 Å². The number of hydrogen-bond donors (Lipinski definition) is 2. The highest BCUT2D eigenvalue weighted by Gasteiger charge is 2.42. The smallest absolute Gasteiger partial charge is 0.143 e. The van der Waals surface area contributed by atoms with Gasteiger partial charge in [0.1, 0.15) is 35.0 Å². The Morgan fingerprint density at radius 1 is 1.13 bits per heavy atom. The number of nitrogens with one attached hydrogen (secondary N) is 1. The molecule has 3 heterocycles. The second kappa shape index (κ2) is 10.5. The van der Waals surface area contributed by atoms with Crippen LogP contribution in [0.5, 0.6) is 5.75 Å². The topological polar surface area (TPSA) is 51.7 Å². The van der Waals surface area contributed by atoms with E-state index in [0.717, 1.165) is 24.9 Å². The van der Waals surface area contributed by atoms with Crippen LogP contribution < -0.4 is 4.74 Å². The summed E-state index contributed by atoms with van der Waals surface area (Å²) in [6, 6.07) is 5.35. The van der Waals surface area contributed by atoms with Gasteiger partial charge in [0.15, 0.2) is 0 Å². The van der Waals surface area contributed by atoms with Gasteiger partial charge >= 0.3 is 0 Å². The van der Waals surface area contributed by atoms with Crippen LogP contribution in [-0.4, -0.2) is 70.5 Å². The third-order valence-electron chi connectivity index (χ3n) is 7.79. The van der Waals surface area contributed by atoms with Gasteiger partial charge in [-0.2, -0.15) is 0 Å². The predicted molar refractivity (Wildman–Crippen MR) is 139 cm³/mol. The monoisotopic (exact) mass is 533 g/mol. The van der Waals surface area contributed by atoms with Gasteiger partial charge in [-0.05, 0) is 57.0 Å². The number of rotatable bonds is 9. The average Bonchev–Trinajstić information content (AvgIpc) is 3.18. The van der Waals surface area contributed by atoms with Crippen molar-refractivity contribution in [3.05, 3.63) is 64.6 Å². The summed E-state index contributed by atoms with van der Waals surface area (Å²) in [5, 5.41) is 10.3. The number of unbranched alkanes of at least 4 members (excludes halogenated alkanes) is 1. The minimum Gasteiger partial charge on any atom is -0.488 e.